The van der Waals surface area contributed by atoms with Gasteiger partial charge in [-0.1, -0.05) is 12.1 Å². The van der Waals surface area contributed by atoms with Gasteiger partial charge in [-0.05, 0) is 25.0 Å². The van der Waals surface area contributed by atoms with Crippen molar-refractivity contribution in [1.82, 2.24) is 15.0 Å². The van der Waals surface area contributed by atoms with Crippen LogP contribution >= 0.6 is 0 Å². The topological polar surface area (TPSA) is 68.0 Å². The molecule has 2 rings (SSSR count). The lowest BCUT2D eigenvalue weighted by Gasteiger charge is -2.08. The number of rotatable bonds is 3. The second-order valence-corrected chi connectivity index (χ2v) is 4.01. The van der Waals surface area contributed by atoms with Gasteiger partial charge in [0.1, 0.15) is 17.3 Å². The summed E-state index contributed by atoms with van der Waals surface area (Å²) in [5.74, 6) is -2.53. The fraction of sp³-hybridized carbons (Fsp3) is 0.250. The van der Waals surface area contributed by atoms with E-state index in [9.17, 15) is 13.6 Å². The minimum Gasteiger partial charge on any atom is -0.476 e. The Kier molecular flexibility index (Phi) is 3.28. The van der Waals surface area contributed by atoms with Crippen LogP contribution in [0.3, 0.4) is 0 Å². The summed E-state index contributed by atoms with van der Waals surface area (Å²) in [6.07, 6.45) is 0.281. The molecule has 0 aliphatic heterocycles. The number of carboxylic acid groups (broad SMARTS) is 1. The summed E-state index contributed by atoms with van der Waals surface area (Å²) in [7, 11) is 0. The second-order valence-electron chi connectivity index (χ2n) is 4.01. The standard InChI is InChI=1S/C12H11F2N3O2/c1-3-9-11(12(18)19)15-16-17(9)10-5-7(13)6(2)4-8(10)14/h4-5H,3H2,1-2H3,(H,18,19). The van der Waals surface area contributed by atoms with Crippen LogP contribution in [0, 0.1) is 18.6 Å². The number of aryl methyl sites for hydroxylation is 1. The molecule has 0 atom stereocenters. The molecule has 0 amide bonds. The quantitative estimate of drug-likeness (QED) is 0.924. The van der Waals surface area contributed by atoms with Crippen molar-refractivity contribution < 1.29 is 18.7 Å². The van der Waals surface area contributed by atoms with Crippen LogP contribution in [0.1, 0.15) is 28.7 Å². The highest BCUT2D eigenvalue weighted by Crippen LogP contribution is 2.20. The fourth-order valence-electron chi connectivity index (χ4n) is 1.78. The predicted octanol–water partition coefficient (Wildman–Crippen LogP) is 2.11. The Bertz CT molecular complexity index is 653. The monoisotopic (exact) mass is 267 g/mol. The summed E-state index contributed by atoms with van der Waals surface area (Å²) in [4.78, 5) is 10.9. The molecule has 0 aliphatic carbocycles. The smallest absolute Gasteiger partial charge is 0.358 e. The zero-order valence-electron chi connectivity index (χ0n) is 10.3. The number of halogens is 2. The summed E-state index contributed by atoms with van der Waals surface area (Å²) < 4.78 is 28.4. The van der Waals surface area contributed by atoms with E-state index in [1.807, 2.05) is 0 Å². The molecule has 2 aromatic rings. The van der Waals surface area contributed by atoms with E-state index in [4.69, 9.17) is 5.11 Å². The predicted molar refractivity (Wildman–Crippen MR) is 62.3 cm³/mol. The number of carboxylic acids is 1. The molecular weight excluding hydrogens is 256 g/mol. The Labute approximate surface area is 107 Å². The fourth-order valence-corrected chi connectivity index (χ4v) is 1.78. The minimum absolute atomic E-state index is 0.153. The number of hydrogen-bond donors (Lipinski definition) is 1. The molecule has 100 valence electrons. The van der Waals surface area contributed by atoms with Gasteiger partial charge in [-0.3, -0.25) is 0 Å². The SMILES string of the molecule is CCc1c(C(=O)O)nnn1-c1cc(F)c(C)cc1F. The summed E-state index contributed by atoms with van der Waals surface area (Å²) in [6, 6.07) is 2.01. The normalized spacial score (nSPS) is 10.7. The van der Waals surface area contributed by atoms with Gasteiger partial charge in [-0.2, -0.15) is 0 Å². The van der Waals surface area contributed by atoms with Gasteiger partial charge in [0.05, 0.1) is 5.69 Å². The van der Waals surface area contributed by atoms with Crippen LogP contribution in [0.5, 0.6) is 0 Å². The molecule has 0 saturated carbocycles. The van der Waals surface area contributed by atoms with Crippen molar-refractivity contribution in [2.45, 2.75) is 20.3 Å². The van der Waals surface area contributed by atoms with Crippen molar-refractivity contribution >= 4 is 5.97 Å². The van der Waals surface area contributed by atoms with Crippen molar-refractivity contribution in [2.75, 3.05) is 0 Å². The van der Waals surface area contributed by atoms with Gasteiger partial charge in [0.25, 0.3) is 0 Å². The highest BCUT2D eigenvalue weighted by atomic mass is 19.1. The molecule has 0 bridgehead atoms. The van der Waals surface area contributed by atoms with Crippen LogP contribution in [-0.4, -0.2) is 26.1 Å². The maximum Gasteiger partial charge on any atom is 0.358 e. The van der Waals surface area contributed by atoms with Crippen LogP contribution in [0.2, 0.25) is 0 Å². The molecule has 1 N–H and O–H groups in total. The average Bonchev–Trinajstić information content (AvgIpc) is 2.77. The number of carbonyl (C=O) groups is 1. The van der Waals surface area contributed by atoms with E-state index in [1.165, 1.54) is 6.92 Å². The third kappa shape index (κ3) is 2.18. The van der Waals surface area contributed by atoms with Crippen LogP contribution in [0.4, 0.5) is 8.78 Å². The molecule has 0 saturated heterocycles. The van der Waals surface area contributed by atoms with E-state index >= 15 is 0 Å². The summed E-state index contributed by atoms with van der Waals surface area (Å²) in [6.45, 7) is 3.12. The lowest BCUT2D eigenvalue weighted by molar-refractivity contribution is 0.0689. The molecule has 0 unspecified atom stereocenters. The van der Waals surface area contributed by atoms with E-state index in [-0.39, 0.29) is 29.1 Å². The lowest BCUT2D eigenvalue weighted by atomic mass is 10.2. The van der Waals surface area contributed by atoms with E-state index in [1.54, 1.807) is 6.92 Å². The van der Waals surface area contributed by atoms with Crippen LogP contribution in [0.25, 0.3) is 5.69 Å². The van der Waals surface area contributed by atoms with E-state index in [0.29, 0.717) is 0 Å². The Morgan fingerprint density at radius 3 is 2.63 bits per heavy atom. The number of benzene rings is 1. The van der Waals surface area contributed by atoms with Crippen LogP contribution in [-0.2, 0) is 6.42 Å². The summed E-state index contributed by atoms with van der Waals surface area (Å²) in [5.41, 5.74) is -0.0321. The van der Waals surface area contributed by atoms with Crippen molar-refractivity contribution in [3.05, 3.63) is 40.7 Å². The Hall–Kier alpha value is -2.31. The van der Waals surface area contributed by atoms with Gasteiger partial charge in [-0.25, -0.2) is 18.3 Å². The van der Waals surface area contributed by atoms with Crippen molar-refractivity contribution in [3.8, 4) is 5.69 Å². The molecule has 1 aromatic heterocycles. The molecule has 5 nitrogen and oxygen atoms in total. The average molecular weight is 267 g/mol. The van der Waals surface area contributed by atoms with Gasteiger partial charge in [0.15, 0.2) is 5.69 Å². The number of aromatic nitrogens is 3. The lowest BCUT2D eigenvalue weighted by Crippen LogP contribution is -2.08. The van der Waals surface area contributed by atoms with Gasteiger partial charge < -0.3 is 5.11 Å². The highest BCUT2D eigenvalue weighted by Gasteiger charge is 2.20. The first kappa shape index (κ1) is 13.1. The van der Waals surface area contributed by atoms with Crippen molar-refractivity contribution in [3.63, 3.8) is 0 Å². The zero-order valence-corrected chi connectivity index (χ0v) is 10.3. The third-order valence-corrected chi connectivity index (χ3v) is 2.76. The minimum atomic E-state index is -1.25. The molecular formula is C12H11F2N3O2. The third-order valence-electron chi connectivity index (χ3n) is 2.76. The first-order chi connectivity index (χ1) is 8.95. The van der Waals surface area contributed by atoms with Gasteiger partial charge >= 0.3 is 5.97 Å². The van der Waals surface area contributed by atoms with E-state index in [0.717, 1.165) is 16.8 Å². The zero-order chi connectivity index (χ0) is 14.2. The molecule has 7 heteroatoms. The Balaban J connectivity index is 2.66. The van der Waals surface area contributed by atoms with Crippen LogP contribution in [0.15, 0.2) is 12.1 Å². The van der Waals surface area contributed by atoms with Crippen molar-refractivity contribution in [1.29, 1.82) is 0 Å². The Morgan fingerprint density at radius 1 is 1.37 bits per heavy atom. The number of nitrogens with zero attached hydrogens (tertiary/aromatic N) is 3. The molecule has 0 fully saturated rings. The van der Waals surface area contributed by atoms with Gasteiger partial charge in [0, 0.05) is 6.07 Å². The van der Waals surface area contributed by atoms with Gasteiger partial charge in [-0.15, -0.1) is 5.10 Å². The largest absolute Gasteiger partial charge is 0.476 e. The van der Waals surface area contributed by atoms with Crippen molar-refractivity contribution in [2.24, 2.45) is 0 Å². The second kappa shape index (κ2) is 4.75. The molecule has 1 heterocycles. The first-order valence-corrected chi connectivity index (χ1v) is 5.59. The maximum absolute atomic E-state index is 13.8. The number of hydrogen-bond acceptors (Lipinski definition) is 3. The van der Waals surface area contributed by atoms with E-state index in [2.05, 4.69) is 10.3 Å². The summed E-state index contributed by atoms with van der Waals surface area (Å²) >= 11 is 0. The molecule has 1 aromatic carbocycles. The Morgan fingerprint density at radius 2 is 2.05 bits per heavy atom. The molecule has 0 aliphatic rings. The highest BCUT2D eigenvalue weighted by molar-refractivity contribution is 5.86. The maximum atomic E-state index is 13.8. The van der Waals surface area contributed by atoms with E-state index < -0.39 is 17.6 Å². The molecule has 19 heavy (non-hydrogen) atoms. The molecule has 0 radical (unpaired) electrons. The van der Waals surface area contributed by atoms with Gasteiger partial charge in [0.2, 0.25) is 0 Å². The van der Waals surface area contributed by atoms with Crippen LogP contribution < -0.4 is 0 Å². The number of aromatic carboxylic acids is 1. The summed E-state index contributed by atoms with van der Waals surface area (Å²) in [5, 5.41) is 16.0. The first-order valence-electron chi connectivity index (χ1n) is 5.59. The molecule has 0 spiro atoms.